The highest BCUT2D eigenvalue weighted by atomic mass is 127. The molecule has 1 aliphatic rings. The molecule has 0 aliphatic carbocycles. The fraction of sp³-hybridized carbons (Fsp3) is 0.500. The lowest BCUT2D eigenvalue weighted by Crippen LogP contribution is -2.38. The molecule has 0 amide bonds. The van der Waals surface area contributed by atoms with Gasteiger partial charge in [-0.25, -0.2) is 9.97 Å². The largest absolute Gasteiger partial charge is 0.339 e. The number of hydrogen-bond donors (Lipinski definition) is 0. The van der Waals surface area contributed by atoms with Crippen molar-refractivity contribution in [2.45, 2.75) is 0 Å². The molecule has 4 nitrogen and oxygen atoms in total. The smallest absolute Gasteiger partial charge is 0.225 e. The van der Waals surface area contributed by atoms with Gasteiger partial charge in [0.2, 0.25) is 5.95 Å². The predicted octanol–water partition coefficient (Wildman–Crippen LogP) is 0.650. The van der Waals surface area contributed by atoms with Crippen molar-refractivity contribution >= 4 is 39.3 Å². The molecule has 14 heavy (non-hydrogen) atoms. The van der Waals surface area contributed by atoms with Crippen LogP contribution in [0.2, 0.25) is 0 Å². The normalized spacial score (nSPS) is 18.5. The van der Waals surface area contributed by atoms with Crippen LogP contribution < -0.4 is 4.90 Å². The van der Waals surface area contributed by atoms with Crippen molar-refractivity contribution in [2.24, 2.45) is 0 Å². The third-order valence-electron chi connectivity index (χ3n) is 2.07. The summed E-state index contributed by atoms with van der Waals surface area (Å²) in [6.07, 6.45) is 3.60. The molecule has 0 saturated carbocycles. The Morgan fingerprint density at radius 3 is 2.43 bits per heavy atom. The fourth-order valence-electron chi connectivity index (χ4n) is 1.31. The lowest BCUT2D eigenvalue weighted by Gasteiger charge is -2.25. The van der Waals surface area contributed by atoms with E-state index in [1.165, 1.54) is 0 Å². The van der Waals surface area contributed by atoms with E-state index in [1.807, 2.05) is 0 Å². The highest BCUT2D eigenvalue weighted by molar-refractivity contribution is 14.1. The summed E-state index contributed by atoms with van der Waals surface area (Å²) < 4.78 is 12.2. The second-order valence-electron chi connectivity index (χ2n) is 3.04. The quantitative estimate of drug-likeness (QED) is 0.712. The maximum atomic E-state index is 11.1. The van der Waals surface area contributed by atoms with Crippen molar-refractivity contribution in [1.82, 2.24) is 9.97 Å². The summed E-state index contributed by atoms with van der Waals surface area (Å²) in [5.74, 6) is 2.21. The van der Waals surface area contributed by atoms with Crippen molar-refractivity contribution in [2.75, 3.05) is 29.5 Å². The summed E-state index contributed by atoms with van der Waals surface area (Å²) >= 11 is 2.18. The Morgan fingerprint density at radius 1 is 1.29 bits per heavy atom. The number of hydrogen-bond acceptors (Lipinski definition) is 4. The van der Waals surface area contributed by atoms with E-state index in [4.69, 9.17) is 0 Å². The minimum Gasteiger partial charge on any atom is -0.339 e. The summed E-state index contributed by atoms with van der Waals surface area (Å²) in [7, 11) is -0.638. The van der Waals surface area contributed by atoms with Crippen molar-refractivity contribution in [3.8, 4) is 0 Å². The van der Waals surface area contributed by atoms with Crippen molar-refractivity contribution in [3.63, 3.8) is 0 Å². The Kier molecular flexibility index (Phi) is 3.32. The van der Waals surface area contributed by atoms with Crippen LogP contribution in [0.4, 0.5) is 5.95 Å². The van der Waals surface area contributed by atoms with Crippen LogP contribution in [-0.2, 0) is 10.8 Å². The van der Waals surface area contributed by atoms with E-state index in [9.17, 15) is 4.21 Å². The van der Waals surface area contributed by atoms with E-state index in [0.717, 1.165) is 34.1 Å². The van der Waals surface area contributed by atoms with E-state index in [1.54, 1.807) is 12.4 Å². The van der Waals surface area contributed by atoms with Gasteiger partial charge in [0.1, 0.15) is 0 Å². The lowest BCUT2D eigenvalue weighted by molar-refractivity contribution is 0.671. The second-order valence-corrected chi connectivity index (χ2v) is 5.98. The van der Waals surface area contributed by atoms with Gasteiger partial charge in [0.05, 0.1) is 0 Å². The minimum atomic E-state index is -0.638. The van der Waals surface area contributed by atoms with Crippen LogP contribution in [0.3, 0.4) is 0 Å². The maximum Gasteiger partial charge on any atom is 0.225 e. The Morgan fingerprint density at radius 2 is 1.86 bits per heavy atom. The number of anilines is 1. The van der Waals surface area contributed by atoms with Gasteiger partial charge in [-0.15, -0.1) is 0 Å². The Hall–Kier alpha value is -0.240. The van der Waals surface area contributed by atoms with E-state index < -0.39 is 10.8 Å². The van der Waals surface area contributed by atoms with Gasteiger partial charge in [0.25, 0.3) is 0 Å². The molecule has 2 rings (SSSR count). The first-order valence-corrected chi connectivity index (χ1v) is 6.90. The summed E-state index contributed by atoms with van der Waals surface area (Å²) in [5.41, 5.74) is 0. The van der Waals surface area contributed by atoms with Crippen molar-refractivity contribution in [1.29, 1.82) is 0 Å². The predicted molar refractivity (Wildman–Crippen MR) is 64.8 cm³/mol. The van der Waals surface area contributed by atoms with Gasteiger partial charge in [-0.05, 0) is 22.6 Å². The Balaban J connectivity index is 2.08. The molecule has 0 unspecified atom stereocenters. The van der Waals surface area contributed by atoms with Crippen LogP contribution in [-0.4, -0.2) is 38.8 Å². The van der Waals surface area contributed by atoms with Crippen LogP contribution >= 0.6 is 22.6 Å². The highest BCUT2D eigenvalue weighted by Gasteiger charge is 2.16. The fourth-order valence-corrected chi connectivity index (χ4v) is 2.64. The molecule has 1 aromatic heterocycles. The first-order chi connectivity index (χ1) is 6.75. The van der Waals surface area contributed by atoms with Crippen LogP contribution in [0.15, 0.2) is 12.4 Å². The standard InChI is InChI=1S/C8H10IN3OS/c9-7-5-10-8(11-6-7)12-1-3-14(13)4-2-12/h5-6H,1-4H2. The van der Waals surface area contributed by atoms with Gasteiger partial charge in [-0.3, -0.25) is 4.21 Å². The van der Waals surface area contributed by atoms with Crippen LogP contribution in [0.25, 0.3) is 0 Å². The summed E-state index contributed by atoms with van der Waals surface area (Å²) in [4.78, 5) is 10.6. The molecule has 0 N–H and O–H groups in total. The maximum absolute atomic E-state index is 11.1. The molecule has 0 bridgehead atoms. The average molecular weight is 323 g/mol. The SMILES string of the molecule is O=S1CCN(c2ncc(I)cn2)CC1. The van der Waals surface area contributed by atoms with E-state index in [-0.39, 0.29) is 0 Å². The summed E-state index contributed by atoms with van der Waals surface area (Å²) in [6.45, 7) is 1.60. The first-order valence-electron chi connectivity index (χ1n) is 4.33. The van der Waals surface area contributed by atoms with Gasteiger partial charge in [0.15, 0.2) is 0 Å². The van der Waals surface area contributed by atoms with Crippen LogP contribution in [0.5, 0.6) is 0 Å². The number of nitrogens with zero attached hydrogens (tertiary/aromatic N) is 3. The van der Waals surface area contributed by atoms with Gasteiger partial charge >= 0.3 is 0 Å². The topological polar surface area (TPSA) is 46.1 Å². The third kappa shape index (κ3) is 2.41. The zero-order chi connectivity index (χ0) is 9.97. The Labute approximate surface area is 98.7 Å². The number of halogens is 1. The molecule has 1 aromatic rings. The average Bonchev–Trinajstić information content (AvgIpc) is 2.21. The molecule has 2 heterocycles. The Bertz CT molecular complexity index is 333. The molecular formula is C8H10IN3OS. The molecule has 1 saturated heterocycles. The molecule has 1 fully saturated rings. The molecule has 1 aliphatic heterocycles. The van der Waals surface area contributed by atoms with E-state index in [2.05, 4.69) is 37.5 Å². The highest BCUT2D eigenvalue weighted by Crippen LogP contribution is 2.10. The van der Waals surface area contributed by atoms with Gasteiger partial charge in [-0.2, -0.15) is 0 Å². The molecule has 0 atom stereocenters. The van der Waals surface area contributed by atoms with Crippen molar-refractivity contribution < 1.29 is 4.21 Å². The van der Waals surface area contributed by atoms with E-state index in [0.29, 0.717) is 0 Å². The van der Waals surface area contributed by atoms with Gasteiger partial charge in [0, 0.05) is 51.4 Å². The number of rotatable bonds is 1. The summed E-state index contributed by atoms with van der Waals surface area (Å²) in [6, 6.07) is 0. The monoisotopic (exact) mass is 323 g/mol. The van der Waals surface area contributed by atoms with Crippen molar-refractivity contribution in [3.05, 3.63) is 16.0 Å². The van der Waals surface area contributed by atoms with E-state index >= 15 is 0 Å². The van der Waals surface area contributed by atoms with Crippen LogP contribution in [0, 0.1) is 3.57 Å². The second kappa shape index (κ2) is 4.52. The molecule has 0 radical (unpaired) electrons. The van der Waals surface area contributed by atoms with Gasteiger partial charge < -0.3 is 4.90 Å². The zero-order valence-electron chi connectivity index (χ0n) is 7.52. The first kappa shape index (κ1) is 10.3. The molecular weight excluding hydrogens is 313 g/mol. The number of aromatic nitrogens is 2. The third-order valence-corrected chi connectivity index (χ3v) is 3.90. The lowest BCUT2D eigenvalue weighted by atomic mass is 10.5. The zero-order valence-corrected chi connectivity index (χ0v) is 10.5. The summed E-state index contributed by atoms with van der Waals surface area (Å²) in [5, 5.41) is 0. The van der Waals surface area contributed by atoms with Crippen LogP contribution in [0.1, 0.15) is 0 Å². The molecule has 0 aromatic carbocycles. The molecule has 76 valence electrons. The molecule has 6 heteroatoms. The van der Waals surface area contributed by atoms with Gasteiger partial charge in [-0.1, -0.05) is 0 Å². The molecule has 0 spiro atoms. The minimum absolute atomic E-state index is 0.638.